The Hall–Kier alpha value is -2.76. The van der Waals surface area contributed by atoms with Crippen LogP contribution in [0.4, 0.5) is 0 Å². The minimum Gasteiger partial charge on any atom is -0.481 e. The number of hydrogen-bond acceptors (Lipinski definition) is 4. The summed E-state index contributed by atoms with van der Waals surface area (Å²) in [4.78, 5) is 31.4. The summed E-state index contributed by atoms with van der Waals surface area (Å²) in [7, 11) is 0. The molecule has 0 radical (unpaired) electrons. The van der Waals surface area contributed by atoms with Crippen molar-refractivity contribution in [3.05, 3.63) is 48.3 Å². The first-order valence-corrected chi connectivity index (χ1v) is 6.56. The monoisotopic (exact) mass is 283 g/mol. The van der Waals surface area contributed by atoms with Gasteiger partial charge in [0.1, 0.15) is 0 Å². The van der Waals surface area contributed by atoms with Crippen molar-refractivity contribution < 1.29 is 14.7 Å². The minimum atomic E-state index is -0.871. The van der Waals surface area contributed by atoms with Crippen LogP contribution in [0.15, 0.2) is 42.7 Å². The maximum absolute atomic E-state index is 12.2. The molecule has 0 spiro atoms. The molecule has 1 aromatic carbocycles. The van der Waals surface area contributed by atoms with Gasteiger partial charge in [-0.2, -0.15) is 0 Å². The Bertz CT molecular complexity index is 742. The molecule has 6 nitrogen and oxygen atoms in total. The number of hydrogen-bond donors (Lipinski definition) is 2. The van der Waals surface area contributed by atoms with Gasteiger partial charge in [0.05, 0.1) is 17.0 Å². The number of nitrogens with one attached hydrogen (secondary N) is 1. The van der Waals surface area contributed by atoms with E-state index in [-0.39, 0.29) is 11.9 Å². The molecule has 106 valence electrons. The van der Waals surface area contributed by atoms with Crippen LogP contribution in [0.5, 0.6) is 0 Å². The number of carbonyl (C=O) groups excluding carboxylic acids is 1. The second kappa shape index (κ2) is 5.32. The van der Waals surface area contributed by atoms with Crippen molar-refractivity contribution in [2.24, 2.45) is 5.92 Å². The van der Waals surface area contributed by atoms with E-state index >= 15 is 0 Å². The van der Waals surface area contributed by atoms with E-state index in [2.05, 4.69) is 15.3 Å². The van der Waals surface area contributed by atoms with Gasteiger partial charge in [-0.1, -0.05) is 12.2 Å². The summed E-state index contributed by atoms with van der Waals surface area (Å²) in [6.07, 6.45) is 6.88. The predicted octanol–water partition coefficient (Wildman–Crippen LogP) is 1.39. The largest absolute Gasteiger partial charge is 0.481 e. The van der Waals surface area contributed by atoms with Crippen molar-refractivity contribution in [2.45, 2.75) is 12.5 Å². The Balaban J connectivity index is 1.73. The van der Waals surface area contributed by atoms with Gasteiger partial charge in [-0.05, 0) is 24.6 Å². The highest BCUT2D eigenvalue weighted by Crippen LogP contribution is 2.19. The zero-order valence-electron chi connectivity index (χ0n) is 11.1. The molecule has 3 rings (SSSR count). The molecular weight excluding hydrogens is 270 g/mol. The molecule has 2 atom stereocenters. The van der Waals surface area contributed by atoms with E-state index in [4.69, 9.17) is 5.11 Å². The van der Waals surface area contributed by atoms with Crippen molar-refractivity contribution >= 4 is 22.9 Å². The standard InChI is InChI=1S/C15H13N3O3/c19-14(18-11-3-1-10(7-11)15(20)21)9-2-4-12-13(8-9)17-6-5-16-12/h1-6,8,10-11H,7H2,(H,18,19)(H,20,21). The molecule has 2 aromatic rings. The second-order valence-corrected chi connectivity index (χ2v) is 4.91. The molecule has 21 heavy (non-hydrogen) atoms. The van der Waals surface area contributed by atoms with Crippen molar-refractivity contribution in [2.75, 3.05) is 0 Å². The van der Waals surface area contributed by atoms with Gasteiger partial charge in [-0.25, -0.2) is 0 Å². The number of aromatic nitrogens is 2. The van der Waals surface area contributed by atoms with E-state index < -0.39 is 11.9 Å². The maximum Gasteiger partial charge on any atom is 0.310 e. The first-order chi connectivity index (χ1) is 10.1. The molecule has 0 aliphatic heterocycles. The van der Waals surface area contributed by atoms with Crippen molar-refractivity contribution in [1.29, 1.82) is 0 Å². The number of carbonyl (C=O) groups is 2. The highest BCUT2D eigenvalue weighted by atomic mass is 16.4. The molecule has 1 aliphatic rings. The minimum absolute atomic E-state index is 0.247. The van der Waals surface area contributed by atoms with Gasteiger partial charge in [0, 0.05) is 24.0 Å². The number of fused-ring (bicyclic) bond motifs is 1. The average molecular weight is 283 g/mol. The summed E-state index contributed by atoms with van der Waals surface area (Å²) in [6.45, 7) is 0. The predicted molar refractivity (Wildman–Crippen MR) is 75.7 cm³/mol. The van der Waals surface area contributed by atoms with Crippen molar-refractivity contribution in [3.63, 3.8) is 0 Å². The Labute approximate surface area is 120 Å². The third kappa shape index (κ3) is 2.74. The van der Waals surface area contributed by atoms with Crippen LogP contribution in [0.25, 0.3) is 11.0 Å². The fourth-order valence-electron chi connectivity index (χ4n) is 2.35. The molecule has 0 saturated heterocycles. The number of carboxylic acid groups (broad SMARTS) is 1. The third-order valence-corrected chi connectivity index (χ3v) is 3.45. The lowest BCUT2D eigenvalue weighted by atomic mass is 10.1. The van der Waals surface area contributed by atoms with Gasteiger partial charge in [-0.3, -0.25) is 19.6 Å². The average Bonchev–Trinajstić information content (AvgIpc) is 2.95. The first-order valence-electron chi connectivity index (χ1n) is 6.56. The Morgan fingerprint density at radius 3 is 2.62 bits per heavy atom. The quantitative estimate of drug-likeness (QED) is 0.830. The van der Waals surface area contributed by atoms with Crippen molar-refractivity contribution in [1.82, 2.24) is 15.3 Å². The van der Waals surface area contributed by atoms with E-state index in [0.29, 0.717) is 17.5 Å². The second-order valence-electron chi connectivity index (χ2n) is 4.91. The summed E-state index contributed by atoms with van der Waals surface area (Å²) >= 11 is 0. The molecule has 1 aliphatic carbocycles. The van der Waals surface area contributed by atoms with Crippen LogP contribution in [0, 0.1) is 5.92 Å². The fourth-order valence-corrected chi connectivity index (χ4v) is 2.35. The van der Waals surface area contributed by atoms with Gasteiger partial charge in [-0.15, -0.1) is 0 Å². The van der Waals surface area contributed by atoms with Gasteiger partial charge in [0.2, 0.25) is 0 Å². The van der Waals surface area contributed by atoms with Crippen LogP contribution in [0.1, 0.15) is 16.8 Å². The van der Waals surface area contributed by atoms with Crippen LogP contribution in [-0.2, 0) is 4.79 Å². The topological polar surface area (TPSA) is 92.2 Å². The van der Waals surface area contributed by atoms with Gasteiger partial charge in [0.25, 0.3) is 5.91 Å². The number of benzene rings is 1. The van der Waals surface area contributed by atoms with E-state index in [0.717, 1.165) is 5.52 Å². The summed E-state index contributed by atoms with van der Waals surface area (Å²) < 4.78 is 0. The van der Waals surface area contributed by atoms with E-state index in [1.54, 1.807) is 42.7 Å². The molecule has 6 heteroatoms. The van der Waals surface area contributed by atoms with E-state index in [1.165, 1.54) is 0 Å². The van der Waals surface area contributed by atoms with Crippen LogP contribution < -0.4 is 5.32 Å². The van der Waals surface area contributed by atoms with Crippen molar-refractivity contribution in [3.8, 4) is 0 Å². The lowest BCUT2D eigenvalue weighted by Crippen LogP contribution is -2.33. The summed E-state index contributed by atoms with van der Waals surface area (Å²) in [6, 6.07) is 4.84. The van der Waals surface area contributed by atoms with Crippen LogP contribution in [0.2, 0.25) is 0 Å². The molecular formula is C15H13N3O3. The SMILES string of the molecule is O=C(NC1C=CC(C(=O)O)C1)c1ccc2nccnc2c1. The molecule has 0 fully saturated rings. The van der Waals surface area contributed by atoms with Gasteiger partial charge >= 0.3 is 5.97 Å². The molecule has 0 saturated carbocycles. The lowest BCUT2D eigenvalue weighted by molar-refractivity contribution is -0.140. The van der Waals surface area contributed by atoms with Crippen LogP contribution in [-0.4, -0.2) is 33.0 Å². The Morgan fingerprint density at radius 1 is 1.14 bits per heavy atom. The zero-order valence-corrected chi connectivity index (χ0v) is 11.1. The maximum atomic E-state index is 12.2. The number of amides is 1. The molecule has 1 amide bonds. The number of aliphatic carboxylic acids is 1. The van der Waals surface area contributed by atoms with Gasteiger partial charge < -0.3 is 10.4 Å². The highest BCUT2D eigenvalue weighted by molar-refractivity contribution is 5.97. The summed E-state index contributed by atoms with van der Waals surface area (Å²) in [5.41, 5.74) is 1.85. The first kappa shape index (κ1) is 13.2. The summed E-state index contributed by atoms with van der Waals surface area (Å²) in [5, 5.41) is 11.7. The van der Waals surface area contributed by atoms with E-state index in [1.807, 2.05) is 0 Å². The van der Waals surface area contributed by atoms with Gasteiger partial charge in [0.15, 0.2) is 0 Å². The van der Waals surface area contributed by atoms with Crippen LogP contribution in [0.3, 0.4) is 0 Å². The third-order valence-electron chi connectivity index (χ3n) is 3.45. The Kier molecular flexibility index (Phi) is 3.35. The number of rotatable bonds is 3. The van der Waals surface area contributed by atoms with E-state index in [9.17, 15) is 9.59 Å². The number of carboxylic acids is 1. The molecule has 1 aromatic heterocycles. The Morgan fingerprint density at radius 2 is 1.90 bits per heavy atom. The molecule has 2 unspecified atom stereocenters. The normalized spacial score (nSPS) is 20.6. The number of nitrogens with zero attached hydrogens (tertiary/aromatic N) is 2. The molecule has 0 bridgehead atoms. The van der Waals surface area contributed by atoms with Crippen LogP contribution >= 0.6 is 0 Å². The fraction of sp³-hybridized carbons (Fsp3) is 0.200. The molecule has 1 heterocycles. The smallest absolute Gasteiger partial charge is 0.310 e. The molecule has 2 N–H and O–H groups in total. The lowest BCUT2D eigenvalue weighted by Gasteiger charge is -2.12. The zero-order chi connectivity index (χ0) is 14.8. The summed E-state index contributed by atoms with van der Waals surface area (Å²) in [5.74, 6) is -1.65. The highest BCUT2D eigenvalue weighted by Gasteiger charge is 2.25.